The van der Waals surface area contributed by atoms with Crippen LogP contribution in [0.1, 0.15) is 189 Å². The summed E-state index contributed by atoms with van der Waals surface area (Å²) >= 11 is 0. The predicted molar refractivity (Wildman–Crippen MR) is 305 cm³/mol. The topological polar surface area (TPSA) is 52.6 Å². The maximum atomic E-state index is 11.6. The van der Waals surface area contributed by atoms with Crippen molar-refractivity contribution in [1.29, 1.82) is 0 Å². The van der Waals surface area contributed by atoms with Crippen molar-refractivity contribution in [2.75, 3.05) is 6.61 Å². The Morgan fingerprint density at radius 2 is 0.700 bits per heavy atom. The van der Waals surface area contributed by atoms with E-state index in [1.807, 2.05) is 65.8 Å². The molecule has 0 aliphatic rings. The van der Waals surface area contributed by atoms with Gasteiger partial charge in [-0.3, -0.25) is 9.59 Å². The fourth-order valence-corrected chi connectivity index (χ4v) is 7.03. The van der Waals surface area contributed by atoms with Crippen molar-refractivity contribution in [2.45, 2.75) is 184 Å². The first-order chi connectivity index (χ1) is 32.3. The SMILES string of the molecule is CC(C)Cc1ccc(/C=C/CC(C)(C)C)cc1.CC(C)Cc1ccc(/C=C/COC(=O)C(C)(C)C)cc1.CC(C)Cc1ccc(CC(C)(C)C)cc1.CC(C)Cc1ccc(COC(=O)C(C)(C)C)cc1. The second kappa shape index (κ2) is 30.9. The van der Waals surface area contributed by atoms with E-state index >= 15 is 0 Å². The fraction of sp³-hybridized carbons (Fsp3) is 0.545. The first-order valence-electron chi connectivity index (χ1n) is 26.3. The number of esters is 2. The van der Waals surface area contributed by atoms with E-state index < -0.39 is 10.8 Å². The summed E-state index contributed by atoms with van der Waals surface area (Å²) in [6.45, 7) is 43.4. The minimum Gasteiger partial charge on any atom is -0.461 e. The molecule has 4 aromatic rings. The smallest absolute Gasteiger partial charge is 0.311 e. The Morgan fingerprint density at radius 3 is 1.01 bits per heavy atom. The van der Waals surface area contributed by atoms with Crippen molar-refractivity contribution < 1.29 is 19.1 Å². The third-order valence-corrected chi connectivity index (χ3v) is 10.6. The molecule has 0 saturated heterocycles. The van der Waals surface area contributed by atoms with Gasteiger partial charge in [-0.2, -0.15) is 0 Å². The molecule has 0 N–H and O–H groups in total. The fourth-order valence-electron chi connectivity index (χ4n) is 7.03. The zero-order chi connectivity index (χ0) is 53.3. The van der Waals surface area contributed by atoms with E-state index in [2.05, 4.69) is 194 Å². The molecule has 0 unspecified atom stereocenters. The van der Waals surface area contributed by atoms with Crippen molar-refractivity contribution in [1.82, 2.24) is 0 Å². The van der Waals surface area contributed by atoms with Crippen LogP contribution in [0.25, 0.3) is 12.2 Å². The van der Waals surface area contributed by atoms with E-state index in [1.165, 1.54) is 46.2 Å². The third-order valence-electron chi connectivity index (χ3n) is 10.6. The van der Waals surface area contributed by atoms with Crippen LogP contribution in [-0.2, 0) is 57.8 Å². The number of carbonyl (C=O) groups is 2. The number of rotatable bonds is 16. The summed E-state index contributed by atoms with van der Waals surface area (Å²) in [5.74, 6) is 2.49. The lowest BCUT2D eigenvalue weighted by Gasteiger charge is -2.18. The van der Waals surface area contributed by atoms with Crippen molar-refractivity contribution in [3.8, 4) is 0 Å². The summed E-state index contributed by atoms with van der Waals surface area (Å²) in [6.07, 6.45) is 15.2. The molecule has 4 nitrogen and oxygen atoms in total. The number of ether oxygens (including phenoxy) is 2. The summed E-state index contributed by atoms with van der Waals surface area (Å²) in [5, 5.41) is 0. The van der Waals surface area contributed by atoms with Crippen molar-refractivity contribution in [2.24, 2.45) is 45.3 Å². The minimum absolute atomic E-state index is 0.159. The monoisotopic (exact) mass is 957 g/mol. The van der Waals surface area contributed by atoms with Crippen LogP contribution in [0, 0.1) is 45.3 Å². The zero-order valence-corrected chi connectivity index (χ0v) is 48.1. The summed E-state index contributed by atoms with van der Waals surface area (Å²) in [4.78, 5) is 23.2. The molecule has 0 atom stereocenters. The van der Waals surface area contributed by atoms with E-state index in [0.717, 1.165) is 48.6 Å². The van der Waals surface area contributed by atoms with Gasteiger partial charge in [0.2, 0.25) is 0 Å². The Kier molecular flexibility index (Phi) is 28.0. The molecule has 0 amide bonds. The number of carbonyl (C=O) groups excluding carboxylic acids is 2. The third kappa shape index (κ3) is 32.2. The Hall–Kier alpha value is -4.70. The Bertz CT molecular complexity index is 2080. The molecular weight excluding hydrogens is 857 g/mol. The van der Waals surface area contributed by atoms with E-state index in [-0.39, 0.29) is 11.9 Å². The highest BCUT2D eigenvalue weighted by Gasteiger charge is 2.23. The van der Waals surface area contributed by atoms with Gasteiger partial charge in [0.1, 0.15) is 13.2 Å². The minimum atomic E-state index is -0.438. The van der Waals surface area contributed by atoms with Gasteiger partial charge in [-0.1, -0.05) is 212 Å². The summed E-state index contributed by atoms with van der Waals surface area (Å²) in [5.41, 5.74) is 10.4. The quantitative estimate of drug-likeness (QED) is 0.105. The average Bonchev–Trinajstić information content (AvgIpc) is 3.22. The van der Waals surface area contributed by atoms with E-state index in [9.17, 15) is 9.59 Å². The number of benzene rings is 4. The molecule has 0 spiro atoms. The Morgan fingerprint density at radius 1 is 0.400 bits per heavy atom. The highest BCUT2D eigenvalue weighted by molar-refractivity contribution is 5.75. The molecule has 4 aromatic carbocycles. The van der Waals surface area contributed by atoms with Crippen LogP contribution in [0.4, 0.5) is 0 Å². The lowest BCUT2D eigenvalue weighted by Crippen LogP contribution is -2.22. The molecule has 4 rings (SSSR count). The molecule has 0 aliphatic carbocycles. The van der Waals surface area contributed by atoms with Gasteiger partial charge in [-0.25, -0.2) is 0 Å². The molecule has 70 heavy (non-hydrogen) atoms. The molecule has 0 fully saturated rings. The van der Waals surface area contributed by atoms with Gasteiger partial charge in [0.05, 0.1) is 10.8 Å². The van der Waals surface area contributed by atoms with Gasteiger partial charge in [-0.05, 0) is 165 Å². The number of allylic oxidation sites excluding steroid dienone is 1. The highest BCUT2D eigenvalue weighted by Crippen LogP contribution is 2.23. The molecule has 0 heterocycles. The van der Waals surface area contributed by atoms with Crippen LogP contribution >= 0.6 is 0 Å². The molecule has 0 radical (unpaired) electrons. The molecule has 4 heteroatoms. The number of hydrogen-bond acceptors (Lipinski definition) is 4. The predicted octanol–water partition coefficient (Wildman–Crippen LogP) is 18.3. The van der Waals surface area contributed by atoms with Crippen molar-refractivity contribution in [3.63, 3.8) is 0 Å². The van der Waals surface area contributed by atoms with Crippen molar-refractivity contribution >= 4 is 24.1 Å². The Labute approximate surface area is 430 Å². The molecule has 0 bridgehead atoms. The first-order valence-corrected chi connectivity index (χ1v) is 26.3. The van der Waals surface area contributed by atoms with Gasteiger partial charge in [0, 0.05) is 0 Å². The maximum Gasteiger partial charge on any atom is 0.311 e. The van der Waals surface area contributed by atoms with Crippen LogP contribution in [0.15, 0.2) is 109 Å². The normalized spacial score (nSPS) is 12.1. The van der Waals surface area contributed by atoms with Crippen LogP contribution in [0.5, 0.6) is 0 Å². The van der Waals surface area contributed by atoms with Crippen LogP contribution < -0.4 is 0 Å². The van der Waals surface area contributed by atoms with Crippen LogP contribution in [-0.4, -0.2) is 18.5 Å². The van der Waals surface area contributed by atoms with Gasteiger partial charge in [0.15, 0.2) is 0 Å². The second-order valence-corrected chi connectivity index (χ2v) is 25.5. The van der Waals surface area contributed by atoms with Crippen LogP contribution in [0.2, 0.25) is 0 Å². The largest absolute Gasteiger partial charge is 0.461 e. The lowest BCUT2D eigenvalue weighted by molar-refractivity contribution is -0.154. The standard InChI is InChI=1S/C18H26O2.C17H26.C16H24O2.C15H24/c1-14(2)13-16-10-8-15(9-11-16)7-6-12-20-17(19)18(3,4)5;1-14(2)13-16-10-8-15(9-11-16)7-6-12-17(3,4)5;1-12(2)10-13-6-8-14(9-7-13)11-18-15(17)16(3,4)5;1-12(2)10-13-6-8-14(9-7-13)11-15(3,4)5/h6-11,14H,12-13H2,1-5H3;6-11,14H,12-13H2,1-5H3;6-9,12H,10-11H2,1-5H3;6-9,12H,10-11H2,1-5H3/b2*7-6+;;. The maximum absolute atomic E-state index is 11.6. The van der Waals surface area contributed by atoms with E-state index in [1.54, 1.807) is 0 Å². The highest BCUT2D eigenvalue weighted by atomic mass is 16.5. The Balaban J connectivity index is 0.000000469. The summed E-state index contributed by atoms with van der Waals surface area (Å²) < 4.78 is 10.5. The molecule has 0 aliphatic heterocycles. The zero-order valence-electron chi connectivity index (χ0n) is 48.1. The van der Waals surface area contributed by atoms with Gasteiger partial charge in [0.25, 0.3) is 0 Å². The molecule has 388 valence electrons. The summed E-state index contributed by atoms with van der Waals surface area (Å²) in [7, 11) is 0. The van der Waals surface area contributed by atoms with Crippen LogP contribution in [0.3, 0.4) is 0 Å². The second-order valence-electron chi connectivity index (χ2n) is 25.5. The van der Waals surface area contributed by atoms with E-state index in [4.69, 9.17) is 9.47 Å². The first kappa shape index (κ1) is 63.3. The lowest BCUT2D eigenvalue weighted by atomic mass is 9.87. The van der Waals surface area contributed by atoms with Gasteiger partial charge >= 0.3 is 11.9 Å². The molecule has 0 saturated carbocycles. The van der Waals surface area contributed by atoms with E-state index in [0.29, 0.717) is 35.9 Å². The average molecular weight is 958 g/mol. The van der Waals surface area contributed by atoms with Gasteiger partial charge < -0.3 is 9.47 Å². The van der Waals surface area contributed by atoms with Gasteiger partial charge in [-0.15, -0.1) is 0 Å². The molecular formula is C66H100O4. The molecule has 0 aromatic heterocycles. The van der Waals surface area contributed by atoms with Crippen molar-refractivity contribution in [3.05, 3.63) is 154 Å². The summed E-state index contributed by atoms with van der Waals surface area (Å²) in [6, 6.07) is 34.8. The number of hydrogen-bond donors (Lipinski definition) is 0.